The van der Waals surface area contributed by atoms with Crippen LogP contribution in [0, 0.1) is 0 Å². The van der Waals surface area contributed by atoms with Gasteiger partial charge in [-0.2, -0.15) is 0 Å². The number of likely N-dealkylation sites (N-methyl/N-ethyl adjacent to an activating group) is 1. The van der Waals surface area contributed by atoms with Crippen LogP contribution in [0.1, 0.15) is 30.9 Å². The summed E-state index contributed by atoms with van der Waals surface area (Å²) in [5.74, 6) is -0.763. The highest BCUT2D eigenvalue weighted by molar-refractivity contribution is 5.78. The van der Waals surface area contributed by atoms with Crippen LogP contribution in [-0.4, -0.2) is 72.7 Å². The molecule has 27 heavy (non-hydrogen) atoms. The van der Waals surface area contributed by atoms with Gasteiger partial charge in [0.25, 0.3) is 0 Å². The first-order valence-electron chi connectivity index (χ1n) is 9.53. The molecular weight excluding hydrogens is 346 g/mol. The molecular formula is C20H31N3O4. The normalized spacial score (nSPS) is 15.8. The summed E-state index contributed by atoms with van der Waals surface area (Å²) in [6, 6.07) is 8.30. The number of rotatable bonds is 10. The van der Waals surface area contributed by atoms with Gasteiger partial charge in [-0.3, -0.25) is 19.4 Å². The highest BCUT2D eigenvalue weighted by Gasteiger charge is 2.25. The van der Waals surface area contributed by atoms with Crippen LogP contribution in [0.5, 0.6) is 0 Å². The van der Waals surface area contributed by atoms with E-state index in [1.165, 1.54) is 0 Å². The lowest BCUT2D eigenvalue weighted by Gasteiger charge is -2.37. The van der Waals surface area contributed by atoms with E-state index in [1.54, 1.807) is 7.11 Å². The van der Waals surface area contributed by atoms with E-state index < -0.39 is 5.97 Å². The van der Waals surface area contributed by atoms with Crippen LogP contribution in [0.25, 0.3) is 0 Å². The first kappa shape index (κ1) is 21.3. The maximum atomic E-state index is 12.2. The molecule has 7 heteroatoms. The molecule has 0 bridgehead atoms. The summed E-state index contributed by atoms with van der Waals surface area (Å²) >= 11 is 0. The fourth-order valence-corrected chi connectivity index (χ4v) is 3.50. The zero-order chi connectivity index (χ0) is 19.6. The number of benzene rings is 1. The van der Waals surface area contributed by atoms with Gasteiger partial charge in [-0.25, -0.2) is 0 Å². The number of carbonyl (C=O) groups excluding carboxylic acids is 1. The third-order valence-corrected chi connectivity index (χ3v) is 5.01. The van der Waals surface area contributed by atoms with Crippen molar-refractivity contribution in [3.63, 3.8) is 0 Å². The predicted molar refractivity (Wildman–Crippen MR) is 103 cm³/mol. The second-order valence-electron chi connectivity index (χ2n) is 6.99. The SMILES string of the molecule is CCN(CC(=O)O)C1CCN(CC(=O)NCc2ccc(COC)cc2)CC1. The van der Waals surface area contributed by atoms with Gasteiger partial charge in [0.2, 0.25) is 5.91 Å². The molecule has 0 unspecified atom stereocenters. The Morgan fingerprint density at radius 3 is 2.41 bits per heavy atom. The number of methoxy groups -OCH3 is 1. The molecule has 0 atom stereocenters. The lowest BCUT2D eigenvalue weighted by atomic mass is 10.0. The molecule has 0 spiro atoms. The van der Waals surface area contributed by atoms with Gasteiger partial charge in [0.05, 0.1) is 19.7 Å². The monoisotopic (exact) mass is 377 g/mol. The number of amides is 1. The van der Waals surface area contributed by atoms with E-state index in [2.05, 4.69) is 10.2 Å². The summed E-state index contributed by atoms with van der Waals surface area (Å²) in [6.45, 7) is 5.95. The van der Waals surface area contributed by atoms with Gasteiger partial charge < -0.3 is 15.2 Å². The highest BCUT2D eigenvalue weighted by Crippen LogP contribution is 2.16. The quantitative estimate of drug-likeness (QED) is 0.640. The van der Waals surface area contributed by atoms with E-state index in [0.717, 1.165) is 43.6 Å². The molecule has 2 N–H and O–H groups in total. The molecule has 1 fully saturated rings. The number of carboxylic acids is 1. The average Bonchev–Trinajstić information content (AvgIpc) is 2.66. The van der Waals surface area contributed by atoms with Crippen molar-refractivity contribution in [1.82, 2.24) is 15.1 Å². The first-order valence-corrected chi connectivity index (χ1v) is 9.53. The van der Waals surface area contributed by atoms with Crippen molar-refractivity contribution in [2.75, 3.05) is 39.8 Å². The van der Waals surface area contributed by atoms with E-state index in [-0.39, 0.29) is 18.5 Å². The van der Waals surface area contributed by atoms with E-state index in [1.807, 2.05) is 36.1 Å². The van der Waals surface area contributed by atoms with Gasteiger partial charge in [0.15, 0.2) is 0 Å². The number of nitrogens with zero attached hydrogens (tertiary/aromatic N) is 2. The number of hydrogen-bond donors (Lipinski definition) is 2. The fourth-order valence-electron chi connectivity index (χ4n) is 3.50. The van der Waals surface area contributed by atoms with Crippen LogP contribution in [0.4, 0.5) is 0 Å². The molecule has 1 aromatic carbocycles. The van der Waals surface area contributed by atoms with Crippen molar-refractivity contribution in [3.8, 4) is 0 Å². The van der Waals surface area contributed by atoms with Crippen LogP contribution in [-0.2, 0) is 27.5 Å². The standard InChI is InChI=1S/C20H31N3O4/c1-3-23(14-20(25)26)18-8-10-22(11-9-18)13-19(24)21-12-16-4-6-17(7-5-16)15-27-2/h4-7,18H,3,8-15H2,1-2H3,(H,21,24)(H,25,26). The number of carboxylic acid groups (broad SMARTS) is 1. The zero-order valence-electron chi connectivity index (χ0n) is 16.3. The Morgan fingerprint density at radius 2 is 1.85 bits per heavy atom. The van der Waals surface area contributed by atoms with Crippen molar-refractivity contribution >= 4 is 11.9 Å². The molecule has 1 aliphatic heterocycles. The van der Waals surface area contributed by atoms with Crippen molar-refractivity contribution in [1.29, 1.82) is 0 Å². The Bertz CT molecular complexity index is 598. The minimum absolute atomic E-state index is 0.0206. The van der Waals surface area contributed by atoms with Crippen LogP contribution < -0.4 is 5.32 Å². The molecule has 2 rings (SSSR count). The van der Waals surface area contributed by atoms with Crippen LogP contribution in [0.2, 0.25) is 0 Å². The van der Waals surface area contributed by atoms with Gasteiger partial charge in [-0.05, 0) is 30.5 Å². The molecule has 1 aromatic rings. The Morgan fingerprint density at radius 1 is 1.22 bits per heavy atom. The molecule has 0 aromatic heterocycles. The summed E-state index contributed by atoms with van der Waals surface area (Å²) in [4.78, 5) is 27.3. The van der Waals surface area contributed by atoms with E-state index >= 15 is 0 Å². The molecule has 150 valence electrons. The lowest BCUT2D eigenvalue weighted by molar-refractivity contribution is -0.139. The second kappa shape index (κ2) is 11.0. The number of aliphatic carboxylic acids is 1. The smallest absolute Gasteiger partial charge is 0.317 e. The Hall–Kier alpha value is -1.96. The molecule has 1 amide bonds. The van der Waals surface area contributed by atoms with E-state index in [4.69, 9.17) is 9.84 Å². The fraction of sp³-hybridized carbons (Fsp3) is 0.600. The van der Waals surface area contributed by atoms with Gasteiger partial charge >= 0.3 is 5.97 Å². The topological polar surface area (TPSA) is 82.1 Å². The Labute approximate surface area is 161 Å². The summed E-state index contributed by atoms with van der Waals surface area (Å²) in [5, 5.41) is 12.0. The number of likely N-dealkylation sites (tertiary alicyclic amines) is 1. The van der Waals surface area contributed by atoms with E-state index in [0.29, 0.717) is 19.7 Å². The molecule has 7 nitrogen and oxygen atoms in total. The lowest BCUT2D eigenvalue weighted by Crippen LogP contribution is -2.48. The van der Waals surface area contributed by atoms with E-state index in [9.17, 15) is 9.59 Å². The Balaban J connectivity index is 1.70. The van der Waals surface area contributed by atoms with Crippen molar-refractivity contribution in [2.24, 2.45) is 0 Å². The number of piperidine rings is 1. The second-order valence-corrected chi connectivity index (χ2v) is 6.99. The van der Waals surface area contributed by atoms with Gasteiger partial charge in [-0.15, -0.1) is 0 Å². The Kier molecular flexibility index (Phi) is 8.71. The summed E-state index contributed by atoms with van der Waals surface area (Å²) in [7, 11) is 1.67. The first-order chi connectivity index (χ1) is 13.0. The maximum absolute atomic E-state index is 12.2. The summed E-state index contributed by atoms with van der Waals surface area (Å²) in [6.07, 6.45) is 1.80. The highest BCUT2D eigenvalue weighted by atomic mass is 16.5. The van der Waals surface area contributed by atoms with Gasteiger partial charge in [0.1, 0.15) is 0 Å². The van der Waals surface area contributed by atoms with Crippen molar-refractivity contribution in [3.05, 3.63) is 35.4 Å². The predicted octanol–water partition coefficient (Wildman–Crippen LogP) is 1.32. The maximum Gasteiger partial charge on any atom is 0.317 e. The summed E-state index contributed by atoms with van der Waals surface area (Å²) < 4.78 is 5.09. The largest absolute Gasteiger partial charge is 0.480 e. The number of carbonyl (C=O) groups is 2. The molecule has 1 heterocycles. The molecule has 1 saturated heterocycles. The zero-order valence-corrected chi connectivity index (χ0v) is 16.3. The summed E-state index contributed by atoms with van der Waals surface area (Å²) in [5.41, 5.74) is 2.17. The number of nitrogens with one attached hydrogen (secondary N) is 1. The van der Waals surface area contributed by atoms with Crippen LogP contribution in [0.3, 0.4) is 0 Å². The minimum Gasteiger partial charge on any atom is -0.480 e. The molecule has 0 aliphatic carbocycles. The van der Waals surface area contributed by atoms with Gasteiger partial charge in [0, 0.05) is 32.8 Å². The molecule has 0 radical (unpaired) electrons. The van der Waals surface area contributed by atoms with Crippen molar-refractivity contribution in [2.45, 2.75) is 39.0 Å². The van der Waals surface area contributed by atoms with Crippen LogP contribution in [0.15, 0.2) is 24.3 Å². The molecule has 0 saturated carbocycles. The van der Waals surface area contributed by atoms with Crippen LogP contribution >= 0.6 is 0 Å². The minimum atomic E-state index is -0.783. The number of ether oxygens (including phenoxy) is 1. The van der Waals surface area contributed by atoms with Crippen molar-refractivity contribution < 1.29 is 19.4 Å². The molecule has 1 aliphatic rings. The third-order valence-electron chi connectivity index (χ3n) is 5.01. The average molecular weight is 377 g/mol. The third kappa shape index (κ3) is 7.28. The van der Waals surface area contributed by atoms with Gasteiger partial charge in [-0.1, -0.05) is 31.2 Å². The number of hydrogen-bond acceptors (Lipinski definition) is 5.